The molecule has 1 aromatic rings. The highest BCUT2D eigenvalue weighted by molar-refractivity contribution is 4.99. The number of ether oxygens (including phenoxy) is 1. The van der Waals surface area contributed by atoms with Gasteiger partial charge in [0.25, 0.3) is 0 Å². The molecule has 0 saturated carbocycles. The van der Waals surface area contributed by atoms with Crippen LogP contribution >= 0.6 is 0 Å². The van der Waals surface area contributed by atoms with Crippen molar-refractivity contribution in [1.29, 1.82) is 0 Å². The first-order valence-electron chi connectivity index (χ1n) is 7.34. The van der Waals surface area contributed by atoms with E-state index >= 15 is 0 Å². The van der Waals surface area contributed by atoms with E-state index in [4.69, 9.17) is 4.74 Å². The van der Waals surface area contributed by atoms with Gasteiger partial charge in [-0.15, -0.1) is 0 Å². The highest BCUT2D eigenvalue weighted by Gasteiger charge is 2.15. The van der Waals surface area contributed by atoms with E-state index in [9.17, 15) is 5.11 Å². The number of hydrogen-bond donors (Lipinski definition) is 2. The fraction of sp³-hybridized carbons (Fsp3) is 0.786. The van der Waals surface area contributed by atoms with E-state index in [0.29, 0.717) is 13.1 Å². The summed E-state index contributed by atoms with van der Waals surface area (Å²) < 4.78 is 7.23. The largest absolute Gasteiger partial charge is 0.390 e. The van der Waals surface area contributed by atoms with Crippen LogP contribution in [0.25, 0.3) is 0 Å². The molecule has 0 aromatic carbocycles. The Labute approximate surface area is 120 Å². The lowest BCUT2D eigenvalue weighted by Crippen LogP contribution is -2.45. The molecule has 0 bridgehead atoms. The van der Waals surface area contributed by atoms with Crippen LogP contribution in [0.2, 0.25) is 0 Å². The maximum atomic E-state index is 10.1. The fourth-order valence-electron chi connectivity index (χ4n) is 2.40. The van der Waals surface area contributed by atoms with Gasteiger partial charge in [0.1, 0.15) is 0 Å². The lowest BCUT2D eigenvalue weighted by Gasteiger charge is -2.29. The standard InChI is InChI=1S/C14H26N4O2/c1-12-7-16-18(9-12)10-13(2)15-8-14(19)11-17-3-5-20-6-4-17/h7,9,13-15,19H,3-6,8,10-11H2,1-2H3. The van der Waals surface area contributed by atoms with Crippen LogP contribution in [0, 0.1) is 6.92 Å². The van der Waals surface area contributed by atoms with Gasteiger partial charge in [0, 0.05) is 38.4 Å². The number of nitrogens with one attached hydrogen (secondary N) is 1. The van der Waals surface area contributed by atoms with Crippen LogP contribution in [-0.4, -0.2) is 71.3 Å². The Bertz CT molecular complexity index is 390. The molecule has 2 heterocycles. The molecule has 2 unspecified atom stereocenters. The normalized spacial score (nSPS) is 19.9. The number of rotatable bonds is 7. The Morgan fingerprint density at radius 3 is 2.80 bits per heavy atom. The number of hydrogen-bond acceptors (Lipinski definition) is 5. The summed E-state index contributed by atoms with van der Waals surface area (Å²) in [5.41, 5.74) is 1.17. The minimum atomic E-state index is -0.338. The van der Waals surface area contributed by atoms with E-state index < -0.39 is 0 Å². The topological polar surface area (TPSA) is 62.5 Å². The summed E-state index contributed by atoms with van der Waals surface area (Å²) in [5, 5.41) is 17.7. The molecular formula is C14H26N4O2. The van der Waals surface area contributed by atoms with Crippen molar-refractivity contribution in [3.8, 4) is 0 Å². The zero-order valence-corrected chi connectivity index (χ0v) is 12.5. The maximum Gasteiger partial charge on any atom is 0.0791 e. The van der Waals surface area contributed by atoms with Crippen LogP contribution in [0.15, 0.2) is 12.4 Å². The highest BCUT2D eigenvalue weighted by atomic mass is 16.5. The molecule has 20 heavy (non-hydrogen) atoms. The van der Waals surface area contributed by atoms with Gasteiger partial charge >= 0.3 is 0 Å². The zero-order valence-electron chi connectivity index (χ0n) is 12.5. The average molecular weight is 282 g/mol. The minimum absolute atomic E-state index is 0.286. The summed E-state index contributed by atoms with van der Waals surface area (Å²) in [7, 11) is 0. The third kappa shape index (κ3) is 5.20. The Hall–Kier alpha value is -0.950. The number of aliphatic hydroxyl groups excluding tert-OH is 1. The van der Waals surface area contributed by atoms with Gasteiger partial charge in [0.15, 0.2) is 0 Å². The second-order valence-electron chi connectivity index (χ2n) is 5.62. The Morgan fingerprint density at radius 1 is 1.40 bits per heavy atom. The molecule has 0 radical (unpaired) electrons. The van der Waals surface area contributed by atoms with Gasteiger partial charge in [-0.1, -0.05) is 0 Å². The monoisotopic (exact) mass is 282 g/mol. The van der Waals surface area contributed by atoms with E-state index in [-0.39, 0.29) is 12.1 Å². The lowest BCUT2D eigenvalue weighted by molar-refractivity contribution is 0.0144. The number of β-amino-alcohol motifs (C(OH)–C–C–N with tert-alkyl or cyclic N) is 1. The van der Waals surface area contributed by atoms with Gasteiger partial charge < -0.3 is 15.2 Å². The van der Waals surface area contributed by atoms with Crippen molar-refractivity contribution in [1.82, 2.24) is 20.0 Å². The molecule has 2 N–H and O–H groups in total. The van der Waals surface area contributed by atoms with Gasteiger partial charge in [0.2, 0.25) is 0 Å². The summed E-state index contributed by atoms with van der Waals surface area (Å²) in [6.45, 7) is 9.66. The smallest absolute Gasteiger partial charge is 0.0791 e. The van der Waals surface area contributed by atoms with E-state index in [0.717, 1.165) is 32.8 Å². The number of morpholine rings is 1. The van der Waals surface area contributed by atoms with Crippen molar-refractivity contribution >= 4 is 0 Å². The van der Waals surface area contributed by atoms with E-state index in [1.807, 2.05) is 24.0 Å². The quantitative estimate of drug-likeness (QED) is 0.729. The molecule has 1 aliphatic heterocycles. The summed E-state index contributed by atoms with van der Waals surface area (Å²) in [4.78, 5) is 2.25. The van der Waals surface area contributed by atoms with Crippen molar-refractivity contribution in [2.24, 2.45) is 0 Å². The van der Waals surface area contributed by atoms with Crippen LogP contribution in [0.4, 0.5) is 0 Å². The van der Waals surface area contributed by atoms with Crippen molar-refractivity contribution in [2.45, 2.75) is 32.5 Å². The summed E-state index contributed by atoms with van der Waals surface area (Å²) >= 11 is 0. The third-order valence-corrected chi connectivity index (χ3v) is 3.50. The van der Waals surface area contributed by atoms with Crippen molar-refractivity contribution < 1.29 is 9.84 Å². The molecule has 1 aliphatic rings. The molecule has 2 rings (SSSR count). The van der Waals surface area contributed by atoms with Gasteiger partial charge in [-0.05, 0) is 19.4 Å². The molecule has 6 heteroatoms. The summed E-state index contributed by atoms with van der Waals surface area (Å²) in [6, 6.07) is 0.286. The van der Waals surface area contributed by atoms with Gasteiger partial charge in [0.05, 0.1) is 32.1 Å². The first-order chi connectivity index (χ1) is 9.63. The fourth-order valence-corrected chi connectivity index (χ4v) is 2.40. The number of aromatic nitrogens is 2. The number of aryl methyl sites for hydroxylation is 1. The van der Waals surface area contributed by atoms with Crippen molar-refractivity contribution in [2.75, 3.05) is 39.4 Å². The predicted octanol–water partition coefficient (Wildman–Crippen LogP) is -0.137. The molecular weight excluding hydrogens is 256 g/mol. The molecule has 6 nitrogen and oxygen atoms in total. The molecule has 1 aromatic heterocycles. The molecule has 1 saturated heterocycles. The first kappa shape index (κ1) is 15.4. The van der Waals surface area contributed by atoms with Crippen molar-refractivity contribution in [3.63, 3.8) is 0 Å². The predicted molar refractivity (Wildman–Crippen MR) is 77.7 cm³/mol. The Kier molecular flexibility index (Phi) is 5.97. The van der Waals surface area contributed by atoms with E-state index in [1.54, 1.807) is 0 Å². The SMILES string of the molecule is Cc1cnn(CC(C)NCC(O)CN2CCOCC2)c1. The lowest BCUT2D eigenvalue weighted by atomic mass is 10.2. The third-order valence-electron chi connectivity index (χ3n) is 3.50. The maximum absolute atomic E-state index is 10.1. The number of nitrogens with zero attached hydrogens (tertiary/aromatic N) is 3. The molecule has 114 valence electrons. The average Bonchev–Trinajstić information content (AvgIpc) is 2.83. The second-order valence-corrected chi connectivity index (χ2v) is 5.62. The number of aliphatic hydroxyl groups is 1. The minimum Gasteiger partial charge on any atom is -0.390 e. The van der Waals surface area contributed by atoms with Crippen LogP contribution in [0.5, 0.6) is 0 Å². The second kappa shape index (κ2) is 7.73. The van der Waals surface area contributed by atoms with Crippen LogP contribution in [0.1, 0.15) is 12.5 Å². The molecule has 0 amide bonds. The van der Waals surface area contributed by atoms with E-state index in [2.05, 4.69) is 22.2 Å². The molecule has 1 fully saturated rings. The van der Waals surface area contributed by atoms with Crippen LogP contribution < -0.4 is 5.32 Å². The summed E-state index contributed by atoms with van der Waals surface area (Å²) in [5.74, 6) is 0. The van der Waals surface area contributed by atoms with Crippen LogP contribution in [0.3, 0.4) is 0 Å². The van der Waals surface area contributed by atoms with Crippen LogP contribution in [-0.2, 0) is 11.3 Å². The Morgan fingerprint density at radius 2 is 2.15 bits per heavy atom. The van der Waals surface area contributed by atoms with E-state index in [1.165, 1.54) is 5.56 Å². The van der Waals surface area contributed by atoms with Gasteiger partial charge in [-0.25, -0.2) is 0 Å². The summed E-state index contributed by atoms with van der Waals surface area (Å²) in [6.07, 6.45) is 3.55. The highest BCUT2D eigenvalue weighted by Crippen LogP contribution is 1.99. The molecule has 0 spiro atoms. The Balaban J connectivity index is 1.63. The first-order valence-corrected chi connectivity index (χ1v) is 7.34. The van der Waals surface area contributed by atoms with Gasteiger partial charge in [-0.2, -0.15) is 5.10 Å². The molecule has 0 aliphatic carbocycles. The zero-order chi connectivity index (χ0) is 14.4. The van der Waals surface area contributed by atoms with Crippen molar-refractivity contribution in [3.05, 3.63) is 18.0 Å². The molecule has 2 atom stereocenters. The van der Waals surface area contributed by atoms with Gasteiger partial charge in [-0.3, -0.25) is 9.58 Å².